The second-order valence-corrected chi connectivity index (χ2v) is 6.64. The van der Waals surface area contributed by atoms with Gasteiger partial charge in [0.1, 0.15) is 6.10 Å². The fourth-order valence-electron chi connectivity index (χ4n) is 2.73. The number of hydrogen-bond donors (Lipinski definition) is 0. The van der Waals surface area contributed by atoms with Crippen molar-refractivity contribution in [2.45, 2.75) is 98.0 Å². The number of hydrogen-bond acceptors (Lipinski definition) is 4. The van der Waals surface area contributed by atoms with Gasteiger partial charge in [0.15, 0.2) is 0 Å². The van der Waals surface area contributed by atoms with E-state index < -0.39 is 11.9 Å². The third-order valence-corrected chi connectivity index (χ3v) is 4.64. The topological polar surface area (TPSA) is 52.6 Å². The van der Waals surface area contributed by atoms with E-state index >= 15 is 0 Å². The van der Waals surface area contributed by atoms with Gasteiger partial charge in [-0.3, -0.25) is 0 Å². The van der Waals surface area contributed by atoms with E-state index in [0.29, 0.717) is 12.5 Å². The summed E-state index contributed by atoms with van der Waals surface area (Å²) < 4.78 is 10.5. The van der Waals surface area contributed by atoms with E-state index in [9.17, 15) is 9.59 Å². The van der Waals surface area contributed by atoms with Crippen LogP contribution in [0.1, 0.15) is 91.9 Å². The summed E-state index contributed by atoms with van der Waals surface area (Å²) in [7, 11) is 0. The van der Waals surface area contributed by atoms with E-state index in [-0.39, 0.29) is 6.10 Å². The van der Waals surface area contributed by atoms with E-state index in [0.717, 1.165) is 44.9 Å². The Morgan fingerprint density at radius 3 is 2.04 bits per heavy atom. The average Bonchev–Trinajstić information content (AvgIpc) is 2.62. The molecule has 4 nitrogen and oxygen atoms in total. The Morgan fingerprint density at radius 2 is 1.44 bits per heavy atom. The Kier molecular flexibility index (Phi) is 15.3. The summed E-state index contributed by atoms with van der Waals surface area (Å²) in [5, 5.41) is 0. The predicted molar refractivity (Wildman–Crippen MR) is 102 cm³/mol. The number of unbranched alkanes of at least 4 members (excludes halogenated alkanes) is 4. The second-order valence-electron chi connectivity index (χ2n) is 6.64. The molecule has 0 N–H and O–H groups in total. The van der Waals surface area contributed by atoms with Crippen molar-refractivity contribution < 1.29 is 19.1 Å². The van der Waals surface area contributed by atoms with Gasteiger partial charge in [0.2, 0.25) is 0 Å². The first kappa shape index (κ1) is 23.7. The number of ether oxygens (including phenoxy) is 2. The lowest BCUT2D eigenvalue weighted by atomic mass is 9.95. The largest absolute Gasteiger partial charge is 0.463 e. The summed E-state index contributed by atoms with van der Waals surface area (Å²) in [5.41, 5.74) is 0. The molecule has 0 aromatic carbocycles. The van der Waals surface area contributed by atoms with Gasteiger partial charge < -0.3 is 9.47 Å². The molecular formula is C21H38O4. The minimum Gasteiger partial charge on any atom is -0.463 e. The molecule has 0 saturated heterocycles. The van der Waals surface area contributed by atoms with Gasteiger partial charge in [-0.15, -0.1) is 0 Å². The second kappa shape index (κ2) is 16.2. The zero-order valence-corrected chi connectivity index (χ0v) is 16.7. The Morgan fingerprint density at radius 1 is 0.800 bits per heavy atom. The van der Waals surface area contributed by atoms with Crippen molar-refractivity contribution in [2.75, 3.05) is 6.61 Å². The zero-order chi connectivity index (χ0) is 18.9. The Hall–Kier alpha value is -1.32. The maximum atomic E-state index is 11.8. The smallest absolute Gasteiger partial charge is 0.331 e. The zero-order valence-electron chi connectivity index (χ0n) is 16.7. The molecule has 25 heavy (non-hydrogen) atoms. The van der Waals surface area contributed by atoms with Gasteiger partial charge in [0.25, 0.3) is 0 Å². The quantitative estimate of drug-likeness (QED) is 0.218. The highest BCUT2D eigenvalue weighted by molar-refractivity contribution is 5.91. The van der Waals surface area contributed by atoms with Gasteiger partial charge >= 0.3 is 11.9 Å². The maximum Gasteiger partial charge on any atom is 0.331 e. The SMILES string of the molecule is CCCCCCCOC(=O)/C=C/C(=O)OC(CC)CCC(CC)CC. The van der Waals surface area contributed by atoms with Crippen molar-refractivity contribution in [3.05, 3.63) is 12.2 Å². The Balaban J connectivity index is 3.99. The number of esters is 2. The van der Waals surface area contributed by atoms with Crippen LogP contribution in [0.2, 0.25) is 0 Å². The Labute approximate surface area is 154 Å². The van der Waals surface area contributed by atoms with Gasteiger partial charge in [-0.2, -0.15) is 0 Å². The molecule has 1 atom stereocenters. The van der Waals surface area contributed by atoms with Crippen molar-refractivity contribution >= 4 is 11.9 Å². The van der Waals surface area contributed by atoms with Gasteiger partial charge in [0, 0.05) is 12.2 Å². The van der Waals surface area contributed by atoms with Crippen LogP contribution in [0.5, 0.6) is 0 Å². The molecule has 146 valence electrons. The fraction of sp³-hybridized carbons (Fsp3) is 0.810. The third kappa shape index (κ3) is 13.6. The number of carbonyl (C=O) groups is 2. The first-order valence-electron chi connectivity index (χ1n) is 10.1. The summed E-state index contributed by atoms with van der Waals surface area (Å²) in [6, 6.07) is 0. The van der Waals surface area contributed by atoms with E-state index in [1.807, 2.05) is 6.92 Å². The highest BCUT2D eigenvalue weighted by Crippen LogP contribution is 2.18. The lowest BCUT2D eigenvalue weighted by molar-refractivity contribution is -0.144. The van der Waals surface area contributed by atoms with Crippen LogP contribution in [-0.2, 0) is 19.1 Å². The lowest BCUT2D eigenvalue weighted by Crippen LogP contribution is -2.17. The van der Waals surface area contributed by atoms with Crippen LogP contribution in [0.3, 0.4) is 0 Å². The molecule has 1 unspecified atom stereocenters. The van der Waals surface area contributed by atoms with Gasteiger partial charge in [-0.1, -0.05) is 66.2 Å². The van der Waals surface area contributed by atoms with Gasteiger partial charge in [-0.25, -0.2) is 9.59 Å². The molecule has 0 saturated carbocycles. The minimum absolute atomic E-state index is 0.0765. The summed E-state index contributed by atoms with van der Waals surface area (Å²) >= 11 is 0. The summed E-state index contributed by atoms with van der Waals surface area (Å²) in [4.78, 5) is 23.4. The minimum atomic E-state index is -0.475. The average molecular weight is 355 g/mol. The van der Waals surface area contributed by atoms with E-state index in [4.69, 9.17) is 9.47 Å². The van der Waals surface area contributed by atoms with Gasteiger partial charge in [0.05, 0.1) is 6.61 Å². The van der Waals surface area contributed by atoms with Crippen molar-refractivity contribution in [3.8, 4) is 0 Å². The fourth-order valence-corrected chi connectivity index (χ4v) is 2.73. The third-order valence-electron chi connectivity index (χ3n) is 4.64. The highest BCUT2D eigenvalue weighted by atomic mass is 16.5. The molecule has 0 radical (unpaired) electrons. The molecule has 0 aliphatic heterocycles. The molecule has 0 rings (SSSR count). The van der Waals surface area contributed by atoms with Crippen LogP contribution in [0.15, 0.2) is 12.2 Å². The molecule has 0 fully saturated rings. The van der Waals surface area contributed by atoms with Crippen molar-refractivity contribution in [1.29, 1.82) is 0 Å². The highest BCUT2D eigenvalue weighted by Gasteiger charge is 2.13. The molecule has 0 bridgehead atoms. The normalized spacial score (nSPS) is 12.5. The van der Waals surface area contributed by atoms with Crippen LogP contribution in [0.25, 0.3) is 0 Å². The molecular weight excluding hydrogens is 316 g/mol. The number of carbonyl (C=O) groups excluding carboxylic acids is 2. The predicted octanol–water partition coefficient (Wildman–Crippen LogP) is 5.59. The maximum absolute atomic E-state index is 11.8. The first-order chi connectivity index (χ1) is 12.1. The number of rotatable bonds is 15. The molecule has 0 aromatic heterocycles. The molecule has 4 heteroatoms. The van der Waals surface area contributed by atoms with Crippen LogP contribution < -0.4 is 0 Å². The first-order valence-corrected chi connectivity index (χ1v) is 10.1. The molecule has 0 aliphatic rings. The van der Waals surface area contributed by atoms with E-state index in [1.165, 1.54) is 31.4 Å². The van der Waals surface area contributed by atoms with Crippen LogP contribution in [0.4, 0.5) is 0 Å². The molecule has 0 spiro atoms. The van der Waals surface area contributed by atoms with Crippen molar-refractivity contribution in [3.63, 3.8) is 0 Å². The van der Waals surface area contributed by atoms with Crippen molar-refractivity contribution in [2.24, 2.45) is 5.92 Å². The molecule has 0 heterocycles. The van der Waals surface area contributed by atoms with Crippen LogP contribution >= 0.6 is 0 Å². The monoisotopic (exact) mass is 354 g/mol. The van der Waals surface area contributed by atoms with E-state index in [1.54, 1.807) is 0 Å². The summed E-state index contributed by atoms with van der Waals surface area (Å²) in [6.07, 6.45) is 12.9. The van der Waals surface area contributed by atoms with Crippen LogP contribution in [0, 0.1) is 5.92 Å². The standard InChI is InChI=1S/C21H38O4/c1-5-9-10-11-12-17-24-20(22)15-16-21(23)25-19(8-4)14-13-18(6-2)7-3/h15-16,18-19H,5-14,17H2,1-4H3/b16-15+. The Bertz CT molecular complexity index is 372. The lowest BCUT2D eigenvalue weighted by Gasteiger charge is -2.18. The van der Waals surface area contributed by atoms with E-state index in [2.05, 4.69) is 20.8 Å². The summed E-state index contributed by atoms with van der Waals surface area (Å²) in [6.45, 7) is 8.98. The molecule has 0 amide bonds. The van der Waals surface area contributed by atoms with Crippen LogP contribution in [-0.4, -0.2) is 24.6 Å². The molecule has 0 aromatic rings. The molecule has 0 aliphatic carbocycles. The van der Waals surface area contributed by atoms with Gasteiger partial charge in [-0.05, 0) is 31.6 Å². The van der Waals surface area contributed by atoms with Crippen molar-refractivity contribution in [1.82, 2.24) is 0 Å². The summed E-state index contributed by atoms with van der Waals surface area (Å²) in [5.74, 6) is -0.246.